The van der Waals surface area contributed by atoms with E-state index in [1.807, 2.05) is 6.92 Å². The van der Waals surface area contributed by atoms with Crippen molar-refractivity contribution in [3.63, 3.8) is 0 Å². The lowest BCUT2D eigenvalue weighted by molar-refractivity contribution is -0.381. The second-order valence-electron chi connectivity index (χ2n) is 9.54. The molecule has 3 aliphatic rings. The van der Waals surface area contributed by atoms with E-state index >= 15 is 0 Å². The van der Waals surface area contributed by atoms with Crippen LogP contribution in [0.1, 0.15) is 19.8 Å². The van der Waals surface area contributed by atoms with E-state index < -0.39 is 112 Å². The van der Waals surface area contributed by atoms with Crippen molar-refractivity contribution in [2.24, 2.45) is 0 Å². The minimum atomic E-state index is -1.88. The molecule has 0 spiro atoms. The van der Waals surface area contributed by atoms with Crippen LogP contribution in [-0.4, -0.2) is 170 Å². The summed E-state index contributed by atoms with van der Waals surface area (Å²) < 4.78 is 32.8. The number of hydrogen-bond donors (Lipinski definition) is 10. The Kier molecular flexibility index (Phi) is 12.0. The highest BCUT2D eigenvalue weighted by Gasteiger charge is 2.53. The van der Waals surface area contributed by atoms with Crippen LogP contribution in [0, 0.1) is 0 Å². The van der Waals surface area contributed by atoms with E-state index in [1.54, 1.807) is 0 Å². The largest absolute Gasteiger partial charge is 0.394 e. The third kappa shape index (κ3) is 6.80. The number of rotatable bonds is 11. The normalized spacial score (nSPS) is 48.2. The molecule has 224 valence electrons. The van der Waals surface area contributed by atoms with Crippen LogP contribution in [0.4, 0.5) is 0 Å². The Bertz CT molecular complexity index is 700. The van der Waals surface area contributed by atoms with Crippen molar-refractivity contribution in [1.29, 1.82) is 0 Å². The van der Waals surface area contributed by atoms with Gasteiger partial charge < -0.3 is 79.5 Å². The molecule has 15 unspecified atom stereocenters. The van der Waals surface area contributed by atoms with E-state index in [0.29, 0.717) is 6.42 Å². The van der Waals surface area contributed by atoms with Crippen molar-refractivity contribution in [1.82, 2.24) is 0 Å². The summed E-state index contributed by atoms with van der Waals surface area (Å²) in [4.78, 5) is 0. The summed E-state index contributed by atoms with van der Waals surface area (Å²) in [6, 6.07) is 0. The molecule has 3 saturated heterocycles. The third-order valence-electron chi connectivity index (χ3n) is 6.85. The summed E-state index contributed by atoms with van der Waals surface area (Å²) in [6.07, 6.45) is -22.7. The first-order valence-corrected chi connectivity index (χ1v) is 12.6. The number of aliphatic hydroxyl groups is 10. The molecule has 3 heterocycles. The van der Waals surface area contributed by atoms with Crippen molar-refractivity contribution in [3.8, 4) is 0 Å². The van der Waals surface area contributed by atoms with Gasteiger partial charge in [0.15, 0.2) is 18.9 Å². The van der Waals surface area contributed by atoms with Gasteiger partial charge in [-0.3, -0.25) is 0 Å². The summed E-state index contributed by atoms with van der Waals surface area (Å²) in [5.74, 6) is 0. The van der Waals surface area contributed by atoms with Gasteiger partial charge in [-0.2, -0.15) is 0 Å². The molecule has 0 radical (unpaired) electrons. The average molecular weight is 561 g/mol. The first-order chi connectivity index (χ1) is 18.1. The lowest BCUT2D eigenvalue weighted by atomic mass is 9.96. The smallest absolute Gasteiger partial charge is 0.187 e. The van der Waals surface area contributed by atoms with Crippen molar-refractivity contribution >= 4 is 0 Å². The van der Waals surface area contributed by atoms with Gasteiger partial charge in [0.25, 0.3) is 0 Å². The fraction of sp³-hybridized carbons (Fsp3) is 1.00. The van der Waals surface area contributed by atoms with Crippen LogP contribution >= 0.6 is 0 Å². The van der Waals surface area contributed by atoms with Crippen LogP contribution < -0.4 is 0 Å². The Balaban J connectivity index is 1.77. The lowest BCUT2D eigenvalue weighted by Gasteiger charge is -2.48. The first kappa shape index (κ1) is 31.9. The Hall–Kier alpha value is -0.640. The molecule has 0 aromatic carbocycles. The lowest BCUT2D eigenvalue weighted by Crippen LogP contribution is -2.67. The van der Waals surface area contributed by atoms with E-state index in [0.717, 1.165) is 6.42 Å². The molecule has 0 aromatic heterocycles. The highest BCUT2D eigenvalue weighted by molar-refractivity contribution is 4.96. The van der Waals surface area contributed by atoms with Crippen LogP contribution in [0.15, 0.2) is 0 Å². The predicted octanol–water partition coefficient (Wildman–Crippen LogP) is -5.75. The zero-order valence-electron chi connectivity index (χ0n) is 20.8. The number of unbranched alkanes of at least 4 members (excludes halogenated alkanes) is 1. The molecule has 38 heavy (non-hydrogen) atoms. The molecule has 10 N–H and O–H groups in total. The van der Waals surface area contributed by atoms with Gasteiger partial charge in [-0.25, -0.2) is 0 Å². The van der Waals surface area contributed by atoms with Gasteiger partial charge in [0, 0.05) is 6.61 Å². The molecule has 0 bridgehead atoms. The fourth-order valence-corrected chi connectivity index (χ4v) is 4.51. The molecule has 15 atom stereocenters. The zero-order valence-corrected chi connectivity index (χ0v) is 20.8. The van der Waals surface area contributed by atoms with Crippen molar-refractivity contribution in [2.45, 2.75) is 112 Å². The fourth-order valence-electron chi connectivity index (χ4n) is 4.51. The monoisotopic (exact) mass is 560 g/mol. The van der Waals surface area contributed by atoms with E-state index in [1.165, 1.54) is 0 Å². The van der Waals surface area contributed by atoms with Gasteiger partial charge in [0.2, 0.25) is 0 Å². The molecule has 0 amide bonds. The SMILES string of the molecule is CCCCOC1OC(CO)C(O)C(OC2OC(CO)C(O)C(OC3OC(CO)C(O)C(O)C3O)C2O)C1O. The van der Waals surface area contributed by atoms with Gasteiger partial charge >= 0.3 is 0 Å². The molecule has 0 aliphatic carbocycles. The van der Waals surface area contributed by atoms with E-state index in [9.17, 15) is 51.1 Å². The molecular formula is C22H40O16. The maximum atomic E-state index is 10.9. The number of hydrogen-bond acceptors (Lipinski definition) is 16. The van der Waals surface area contributed by atoms with Gasteiger partial charge in [-0.05, 0) is 6.42 Å². The third-order valence-corrected chi connectivity index (χ3v) is 6.85. The Morgan fingerprint density at radius 3 is 1.42 bits per heavy atom. The number of aliphatic hydroxyl groups excluding tert-OH is 10. The zero-order chi connectivity index (χ0) is 28.1. The minimum absolute atomic E-state index is 0.204. The second-order valence-corrected chi connectivity index (χ2v) is 9.54. The molecular weight excluding hydrogens is 520 g/mol. The highest BCUT2D eigenvalue weighted by atomic mass is 16.8. The van der Waals surface area contributed by atoms with E-state index in [4.69, 9.17) is 28.4 Å². The summed E-state index contributed by atoms with van der Waals surface area (Å²) in [5, 5.41) is 102. The van der Waals surface area contributed by atoms with Crippen molar-refractivity contribution < 1.29 is 79.5 Å². The Morgan fingerprint density at radius 2 is 0.947 bits per heavy atom. The average Bonchev–Trinajstić information content (AvgIpc) is 2.91. The molecule has 0 aromatic rings. The molecule has 16 nitrogen and oxygen atoms in total. The van der Waals surface area contributed by atoms with Crippen LogP contribution in [-0.2, 0) is 28.4 Å². The number of ether oxygens (including phenoxy) is 6. The quantitative estimate of drug-likeness (QED) is 0.106. The van der Waals surface area contributed by atoms with Crippen LogP contribution in [0.5, 0.6) is 0 Å². The highest BCUT2D eigenvalue weighted by Crippen LogP contribution is 2.32. The van der Waals surface area contributed by atoms with Crippen LogP contribution in [0.25, 0.3) is 0 Å². The minimum Gasteiger partial charge on any atom is -0.394 e. The van der Waals surface area contributed by atoms with Gasteiger partial charge in [-0.1, -0.05) is 13.3 Å². The summed E-state index contributed by atoms with van der Waals surface area (Å²) in [7, 11) is 0. The van der Waals surface area contributed by atoms with E-state index in [2.05, 4.69) is 0 Å². The molecule has 3 fully saturated rings. The van der Waals surface area contributed by atoms with Crippen LogP contribution in [0.2, 0.25) is 0 Å². The first-order valence-electron chi connectivity index (χ1n) is 12.6. The molecule has 3 rings (SSSR count). The summed E-state index contributed by atoms with van der Waals surface area (Å²) in [5.41, 5.74) is 0. The predicted molar refractivity (Wildman–Crippen MR) is 120 cm³/mol. The van der Waals surface area contributed by atoms with Gasteiger partial charge in [0.1, 0.15) is 73.2 Å². The maximum absolute atomic E-state index is 10.9. The summed E-state index contributed by atoms with van der Waals surface area (Å²) >= 11 is 0. The van der Waals surface area contributed by atoms with Gasteiger partial charge in [-0.15, -0.1) is 0 Å². The summed E-state index contributed by atoms with van der Waals surface area (Å²) in [6.45, 7) is -0.0685. The topological polar surface area (TPSA) is 258 Å². The van der Waals surface area contributed by atoms with Gasteiger partial charge in [0.05, 0.1) is 19.8 Å². The maximum Gasteiger partial charge on any atom is 0.187 e. The molecule has 0 saturated carbocycles. The second kappa shape index (κ2) is 14.3. The molecule has 3 aliphatic heterocycles. The van der Waals surface area contributed by atoms with E-state index in [-0.39, 0.29) is 6.61 Å². The van der Waals surface area contributed by atoms with Crippen molar-refractivity contribution in [2.75, 3.05) is 26.4 Å². The van der Waals surface area contributed by atoms with Crippen molar-refractivity contribution in [3.05, 3.63) is 0 Å². The Morgan fingerprint density at radius 1 is 0.526 bits per heavy atom. The Labute approximate surface area is 218 Å². The van der Waals surface area contributed by atoms with Crippen LogP contribution in [0.3, 0.4) is 0 Å². The molecule has 16 heteroatoms. The standard InChI is InChI=1S/C22H40O16/c1-2-3-4-33-20-16(31)18(12(27)9(6-24)34-20)38-22-17(32)19(13(28)10(7-25)36-22)37-21-15(30)14(29)11(26)8(5-23)35-21/h8-32H,2-7H2,1H3.